The summed E-state index contributed by atoms with van der Waals surface area (Å²) in [4.78, 5) is 17.3. The molecule has 0 aliphatic heterocycles. The highest BCUT2D eigenvalue weighted by molar-refractivity contribution is 5.94. The third-order valence-corrected chi connectivity index (χ3v) is 6.07. The number of nitrogens with zero attached hydrogens (tertiary/aromatic N) is 2. The predicted molar refractivity (Wildman–Crippen MR) is 136 cm³/mol. The summed E-state index contributed by atoms with van der Waals surface area (Å²) >= 11 is 0. The monoisotopic (exact) mass is 439 g/mol. The Kier molecular flexibility index (Phi) is 6.64. The summed E-state index contributed by atoms with van der Waals surface area (Å²) in [6.07, 6.45) is 1.65. The Labute approximate surface area is 196 Å². The SMILES string of the molecule is Cc1ccc(C(=O)NCCCc2nc3ccccc3n2Cc2ccc(C(C)(C)C)cc2)cc1. The van der Waals surface area contributed by atoms with Crippen LogP contribution in [-0.2, 0) is 18.4 Å². The molecule has 0 fully saturated rings. The lowest BCUT2D eigenvalue weighted by molar-refractivity contribution is 0.0953. The Balaban J connectivity index is 1.45. The van der Waals surface area contributed by atoms with Gasteiger partial charge in [-0.1, -0.05) is 74.9 Å². The van der Waals surface area contributed by atoms with Crippen LogP contribution in [0.4, 0.5) is 0 Å². The molecule has 4 heteroatoms. The number of rotatable bonds is 7. The van der Waals surface area contributed by atoms with Gasteiger partial charge in [-0.25, -0.2) is 4.98 Å². The molecule has 1 amide bonds. The van der Waals surface area contributed by atoms with Crippen LogP contribution < -0.4 is 5.32 Å². The number of imidazole rings is 1. The number of hydrogen-bond acceptors (Lipinski definition) is 2. The van der Waals surface area contributed by atoms with E-state index in [1.54, 1.807) is 0 Å². The van der Waals surface area contributed by atoms with Gasteiger partial charge in [0.15, 0.2) is 0 Å². The van der Waals surface area contributed by atoms with Crippen molar-refractivity contribution in [2.24, 2.45) is 0 Å². The van der Waals surface area contributed by atoms with Gasteiger partial charge in [-0.2, -0.15) is 0 Å². The lowest BCUT2D eigenvalue weighted by atomic mass is 9.87. The number of para-hydroxylation sites is 2. The molecule has 0 aliphatic carbocycles. The van der Waals surface area contributed by atoms with E-state index in [0.717, 1.165) is 41.8 Å². The fourth-order valence-electron chi connectivity index (χ4n) is 4.04. The fourth-order valence-corrected chi connectivity index (χ4v) is 4.04. The van der Waals surface area contributed by atoms with Gasteiger partial charge in [0, 0.05) is 25.1 Å². The zero-order chi connectivity index (χ0) is 23.4. The minimum absolute atomic E-state index is 0.0255. The molecular weight excluding hydrogens is 406 g/mol. The molecule has 4 nitrogen and oxygen atoms in total. The molecule has 170 valence electrons. The first-order valence-corrected chi connectivity index (χ1v) is 11.7. The Bertz CT molecular complexity index is 1230. The number of carbonyl (C=O) groups is 1. The van der Waals surface area contributed by atoms with Crippen molar-refractivity contribution in [2.75, 3.05) is 6.54 Å². The van der Waals surface area contributed by atoms with Crippen LogP contribution >= 0.6 is 0 Å². The first kappa shape index (κ1) is 22.8. The molecule has 1 heterocycles. The molecule has 33 heavy (non-hydrogen) atoms. The van der Waals surface area contributed by atoms with Gasteiger partial charge in [-0.3, -0.25) is 4.79 Å². The van der Waals surface area contributed by atoms with Gasteiger partial charge in [0.05, 0.1) is 11.0 Å². The Morgan fingerprint density at radius 2 is 1.64 bits per heavy atom. The smallest absolute Gasteiger partial charge is 0.251 e. The van der Waals surface area contributed by atoms with E-state index < -0.39 is 0 Å². The molecule has 0 saturated heterocycles. The molecule has 0 aliphatic rings. The first-order chi connectivity index (χ1) is 15.8. The molecule has 0 unspecified atom stereocenters. The average Bonchev–Trinajstić information content (AvgIpc) is 3.14. The summed E-state index contributed by atoms with van der Waals surface area (Å²) in [5.41, 5.74) is 6.77. The highest BCUT2D eigenvalue weighted by atomic mass is 16.1. The Hall–Kier alpha value is -3.40. The largest absolute Gasteiger partial charge is 0.352 e. The van der Waals surface area contributed by atoms with Gasteiger partial charge in [0.1, 0.15) is 5.82 Å². The zero-order valence-corrected chi connectivity index (χ0v) is 20.1. The van der Waals surface area contributed by atoms with Crippen LogP contribution in [0.3, 0.4) is 0 Å². The van der Waals surface area contributed by atoms with Gasteiger partial charge < -0.3 is 9.88 Å². The second-order valence-electron chi connectivity index (χ2n) is 9.78. The molecule has 3 aromatic carbocycles. The topological polar surface area (TPSA) is 46.9 Å². The van der Waals surface area contributed by atoms with Crippen molar-refractivity contribution in [3.8, 4) is 0 Å². The molecule has 0 radical (unpaired) electrons. The van der Waals surface area contributed by atoms with Crippen LogP contribution in [0.2, 0.25) is 0 Å². The average molecular weight is 440 g/mol. The number of benzene rings is 3. The summed E-state index contributed by atoms with van der Waals surface area (Å²) in [7, 11) is 0. The lowest BCUT2D eigenvalue weighted by Crippen LogP contribution is -2.25. The number of hydrogen-bond donors (Lipinski definition) is 1. The summed E-state index contributed by atoms with van der Waals surface area (Å²) in [6, 6.07) is 24.9. The van der Waals surface area contributed by atoms with Gasteiger partial charge in [-0.05, 0) is 54.2 Å². The third-order valence-electron chi connectivity index (χ3n) is 6.07. The van der Waals surface area contributed by atoms with E-state index in [9.17, 15) is 4.79 Å². The minimum Gasteiger partial charge on any atom is -0.352 e. The number of fused-ring (bicyclic) bond motifs is 1. The highest BCUT2D eigenvalue weighted by Gasteiger charge is 2.14. The van der Waals surface area contributed by atoms with Crippen molar-refractivity contribution >= 4 is 16.9 Å². The van der Waals surface area contributed by atoms with Gasteiger partial charge >= 0.3 is 0 Å². The lowest BCUT2D eigenvalue weighted by Gasteiger charge is -2.19. The van der Waals surface area contributed by atoms with Crippen molar-refractivity contribution < 1.29 is 4.79 Å². The number of carbonyl (C=O) groups excluding carboxylic acids is 1. The van der Waals surface area contributed by atoms with E-state index in [0.29, 0.717) is 12.1 Å². The Morgan fingerprint density at radius 1 is 0.939 bits per heavy atom. The number of nitrogens with one attached hydrogen (secondary N) is 1. The Morgan fingerprint density at radius 3 is 2.33 bits per heavy atom. The molecule has 1 N–H and O–H groups in total. The quantitative estimate of drug-likeness (QED) is 0.356. The first-order valence-electron chi connectivity index (χ1n) is 11.7. The van der Waals surface area contributed by atoms with Gasteiger partial charge in [-0.15, -0.1) is 0 Å². The van der Waals surface area contributed by atoms with E-state index in [2.05, 4.69) is 73.1 Å². The predicted octanol–water partition coefficient (Wildman–Crippen LogP) is 6.05. The van der Waals surface area contributed by atoms with Crippen LogP contribution in [0.5, 0.6) is 0 Å². The molecule has 4 aromatic rings. The maximum Gasteiger partial charge on any atom is 0.251 e. The number of aryl methyl sites for hydroxylation is 2. The van der Waals surface area contributed by atoms with Crippen LogP contribution in [0.25, 0.3) is 11.0 Å². The maximum atomic E-state index is 12.4. The molecule has 0 spiro atoms. The summed E-state index contributed by atoms with van der Waals surface area (Å²) in [5.74, 6) is 1.03. The molecule has 4 rings (SSSR count). The molecule has 0 saturated carbocycles. The second-order valence-corrected chi connectivity index (χ2v) is 9.78. The molecule has 0 atom stereocenters. The molecular formula is C29H33N3O. The van der Waals surface area contributed by atoms with Crippen molar-refractivity contribution in [1.29, 1.82) is 0 Å². The van der Waals surface area contributed by atoms with Crippen molar-refractivity contribution in [2.45, 2.75) is 52.5 Å². The van der Waals surface area contributed by atoms with Crippen LogP contribution in [0, 0.1) is 6.92 Å². The van der Waals surface area contributed by atoms with Crippen molar-refractivity contribution in [3.05, 3.63) is 101 Å². The summed E-state index contributed by atoms with van der Waals surface area (Å²) in [5, 5.41) is 3.04. The highest BCUT2D eigenvalue weighted by Crippen LogP contribution is 2.24. The van der Waals surface area contributed by atoms with E-state index in [1.807, 2.05) is 37.3 Å². The summed E-state index contributed by atoms with van der Waals surface area (Å²) < 4.78 is 2.31. The minimum atomic E-state index is -0.0255. The number of aromatic nitrogens is 2. The molecule has 1 aromatic heterocycles. The van der Waals surface area contributed by atoms with Gasteiger partial charge in [0.2, 0.25) is 0 Å². The third kappa shape index (κ3) is 5.51. The molecule has 0 bridgehead atoms. The maximum absolute atomic E-state index is 12.4. The van der Waals surface area contributed by atoms with Crippen LogP contribution in [0.1, 0.15) is 60.1 Å². The van der Waals surface area contributed by atoms with E-state index in [1.165, 1.54) is 11.1 Å². The van der Waals surface area contributed by atoms with Gasteiger partial charge in [0.25, 0.3) is 5.91 Å². The normalized spacial score (nSPS) is 11.6. The van der Waals surface area contributed by atoms with Crippen molar-refractivity contribution in [3.63, 3.8) is 0 Å². The van der Waals surface area contributed by atoms with Crippen LogP contribution in [0.15, 0.2) is 72.8 Å². The standard InChI is InChI=1S/C29H33N3O/c1-21-11-15-23(16-12-21)28(33)30-19-7-10-27-31-25-8-5-6-9-26(25)32(27)20-22-13-17-24(18-14-22)29(2,3)4/h5-6,8-9,11-18H,7,10,19-20H2,1-4H3,(H,30,33). The fraction of sp³-hybridized carbons (Fsp3) is 0.310. The van der Waals surface area contributed by atoms with Crippen molar-refractivity contribution in [1.82, 2.24) is 14.9 Å². The summed E-state index contributed by atoms with van der Waals surface area (Å²) in [6.45, 7) is 10.1. The van der Waals surface area contributed by atoms with Crippen LogP contribution in [-0.4, -0.2) is 22.0 Å². The van der Waals surface area contributed by atoms with E-state index in [-0.39, 0.29) is 11.3 Å². The van der Waals surface area contributed by atoms with E-state index >= 15 is 0 Å². The zero-order valence-electron chi connectivity index (χ0n) is 20.1. The second kappa shape index (κ2) is 9.62. The number of amides is 1. The van der Waals surface area contributed by atoms with E-state index in [4.69, 9.17) is 4.98 Å².